The van der Waals surface area contributed by atoms with Crippen LogP contribution in [0.3, 0.4) is 0 Å². The molecule has 6 nitrogen and oxygen atoms in total. The largest absolute Gasteiger partial charge is 0.497 e. The topological polar surface area (TPSA) is 81.4 Å². The number of benzene rings is 3. The third-order valence-electron chi connectivity index (χ3n) is 4.62. The van der Waals surface area contributed by atoms with Crippen molar-refractivity contribution in [2.75, 3.05) is 12.4 Å². The van der Waals surface area contributed by atoms with Gasteiger partial charge in [0.2, 0.25) is 26.6 Å². The molecule has 0 aliphatic heterocycles. The lowest BCUT2D eigenvalue weighted by Crippen LogP contribution is -2.05. The highest BCUT2D eigenvalue weighted by Crippen LogP contribution is 2.34. The van der Waals surface area contributed by atoms with E-state index in [0.29, 0.717) is 17.0 Å². The standard InChI is InChI=1S/C23H19BrN2O4S/c1-15-3-13-20(14-4-15)31(27,28)23-22(25-18-9-11-19(29-2)12-10-18)30-21(26-23)16-5-7-17(24)8-6-16/h3-14,25H,1-2H3. The van der Waals surface area contributed by atoms with Crippen molar-refractivity contribution in [1.82, 2.24) is 4.98 Å². The highest BCUT2D eigenvalue weighted by atomic mass is 79.9. The molecule has 0 saturated heterocycles. The van der Waals surface area contributed by atoms with Gasteiger partial charge in [0.05, 0.1) is 12.0 Å². The first-order valence-electron chi connectivity index (χ1n) is 9.36. The van der Waals surface area contributed by atoms with E-state index < -0.39 is 9.84 Å². The maximum Gasteiger partial charge on any atom is 0.238 e. The smallest absolute Gasteiger partial charge is 0.238 e. The van der Waals surface area contributed by atoms with Crippen molar-refractivity contribution in [3.8, 4) is 17.2 Å². The molecule has 0 aliphatic rings. The van der Waals surface area contributed by atoms with Crippen molar-refractivity contribution in [2.24, 2.45) is 0 Å². The molecule has 0 unspecified atom stereocenters. The third kappa shape index (κ3) is 4.50. The van der Waals surface area contributed by atoms with E-state index in [-0.39, 0.29) is 21.7 Å². The highest BCUT2D eigenvalue weighted by Gasteiger charge is 2.28. The Bertz CT molecular complexity index is 1300. The number of methoxy groups -OCH3 is 1. The average molecular weight is 499 g/mol. The summed E-state index contributed by atoms with van der Waals surface area (Å²) in [4.78, 5) is 4.50. The average Bonchev–Trinajstić information content (AvgIpc) is 3.20. The number of oxazole rings is 1. The summed E-state index contributed by atoms with van der Waals surface area (Å²) in [6, 6.07) is 21.0. The fourth-order valence-electron chi connectivity index (χ4n) is 2.92. The van der Waals surface area contributed by atoms with Gasteiger partial charge in [0, 0.05) is 15.7 Å². The van der Waals surface area contributed by atoms with Gasteiger partial charge in [-0.25, -0.2) is 8.42 Å². The lowest BCUT2D eigenvalue weighted by Gasteiger charge is -2.07. The number of hydrogen-bond acceptors (Lipinski definition) is 6. The molecule has 1 aromatic heterocycles. The maximum atomic E-state index is 13.4. The molecule has 0 bridgehead atoms. The molecule has 0 fully saturated rings. The highest BCUT2D eigenvalue weighted by molar-refractivity contribution is 9.10. The molecule has 0 atom stereocenters. The Morgan fingerprint density at radius 2 is 1.58 bits per heavy atom. The van der Waals surface area contributed by atoms with Gasteiger partial charge in [0.25, 0.3) is 0 Å². The van der Waals surface area contributed by atoms with Gasteiger partial charge in [-0.05, 0) is 67.6 Å². The van der Waals surface area contributed by atoms with E-state index in [1.54, 1.807) is 67.8 Å². The van der Waals surface area contributed by atoms with Crippen LogP contribution in [0.25, 0.3) is 11.5 Å². The lowest BCUT2D eigenvalue weighted by atomic mass is 10.2. The maximum absolute atomic E-state index is 13.4. The first kappa shape index (κ1) is 21.1. The molecule has 0 amide bonds. The molecular weight excluding hydrogens is 480 g/mol. The summed E-state index contributed by atoms with van der Waals surface area (Å²) >= 11 is 3.39. The lowest BCUT2D eigenvalue weighted by molar-refractivity contribution is 0.415. The summed E-state index contributed by atoms with van der Waals surface area (Å²) < 4.78 is 38.7. The Morgan fingerprint density at radius 1 is 0.935 bits per heavy atom. The summed E-state index contributed by atoms with van der Waals surface area (Å²) in [6.07, 6.45) is 0. The van der Waals surface area contributed by atoms with Crippen LogP contribution < -0.4 is 10.1 Å². The SMILES string of the molecule is COc1ccc(Nc2oc(-c3ccc(Br)cc3)nc2S(=O)(=O)c2ccc(C)cc2)cc1. The van der Waals surface area contributed by atoms with Crippen molar-refractivity contribution < 1.29 is 17.6 Å². The van der Waals surface area contributed by atoms with Gasteiger partial charge in [-0.1, -0.05) is 33.6 Å². The minimum atomic E-state index is -3.92. The first-order valence-corrected chi connectivity index (χ1v) is 11.6. The molecule has 4 aromatic rings. The van der Waals surface area contributed by atoms with Crippen molar-refractivity contribution in [1.29, 1.82) is 0 Å². The summed E-state index contributed by atoms with van der Waals surface area (Å²) in [6.45, 7) is 1.90. The number of hydrogen-bond donors (Lipinski definition) is 1. The van der Waals surface area contributed by atoms with Crippen LogP contribution in [0, 0.1) is 6.92 Å². The molecule has 8 heteroatoms. The van der Waals surface area contributed by atoms with Crippen LogP contribution in [0.15, 0.2) is 91.6 Å². The monoisotopic (exact) mass is 498 g/mol. The number of rotatable bonds is 6. The Balaban J connectivity index is 1.81. The number of anilines is 2. The Labute approximate surface area is 189 Å². The van der Waals surface area contributed by atoms with E-state index in [9.17, 15) is 8.42 Å². The van der Waals surface area contributed by atoms with Crippen molar-refractivity contribution in [3.63, 3.8) is 0 Å². The van der Waals surface area contributed by atoms with Crippen molar-refractivity contribution >= 4 is 37.3 Å². The molecule has 1 heterocycles. The number of sulfone groups is 1. The summed E-state index contributed by atoms with van der Waals surface area (Å²) in [5.74, 6) is 0.934. The molecule has 0 aliphatic carbocycles. The van der Waals surface area contributed by atoms with Gasteiger partial charge in [0.15, 0.2) is 0 Å². The zero-order chi connectivity index (χ0) is 22.0. The van der Waals surface area contributed by atoms with Gasteiger partial charge in [-0.2, -0.15) is 4.98 Å². The second-order valence-corrected chi connectivity index (χ2v) is 9.61. The number of nitrogens with zero attached hydrogens (tertiary/aromatic N) is 1. The molecule has 4 rings (SSSR count). The zero-order valence-corrected chi connectivity index (χ0v) is 19.2. The van der Waals surface area contributed by atoms with E-state index >= 15 is 0 Å². The van der Waals surface area contributed by atoms with Crippen LogP contribution >= 0.6 is 15.9 Å². The van der Waals surface area contributed by atoms with Crippen molar-refractivity contribution in [2.45, 2.75) is 16.8 Å². The Morgan fingerprint density at radius 3 is 2.19 bits per heavy atom. The van der Waals surface area contributed by atoms with Crippen LogP contribution in [0.1, 0.15) is 5.56 Å². The summed E-state index contributed by atoms with van der Waals surface area (Å²) in [7, 11) is -2.34. The van der Waals surface area contributed by atoms with Crippen LogP contribution in [0.5, 0.6) is 5.75 Å². The molecule has 0 spiro atoms. The Kier molecular flexibility index (Phi) is 5.84. The van der Waals surface area contributed by atoms with Crippen LogP contribution in [0.2, 0.25) is 0 Å². The number of aromatic nitrogens is 1. The Hall–Kier alpha value is -3.10. The van der Waals surface area contributed by atoms with Crippen LogP contribution in [0.4, 0.5) is 11.6 Å². The number of ether oxygens (including phenoxy) is 1. The predicted octanol–water partition coefficient (Wildman–Crippen LogP) is 6.00. The second kappa shape index (κ2) is 8.56. The van der Waals surface area contributed by atoms with Crippen molar-refractivity contribution in [3.05, 3.63) is 82.8 Å². The molecule has 3 aromatic carbocycles. The number of halogens is 1. The fraction of sp³-hybridized carbons (Fsp3) is 0.0870. The normalized spacial score (nSPS) is 11.3. The van der Waals surface area contributed by atoms with Gasteiger partial charge in [0.1, 0.15) is 5.75 Å². The minimum absolute atomic E-state index is 0.0451. The second-order valence-electron chi connectivity index (χ2n) is 6.83. The van der Waals surface area contributed by atoms with E-state index in [2.05, 4.69) is 26.2 Å². The van der Waals surface area contributed by atoms with Crippen LogP contribution in [-0.2, 0) is 9.84 Å². The quantitative estimate of drug-likeness (QED) is 0.351. The summed E-state index contributed by atoms with van der Waals surface area (Å²) in [5, 5.41) is 2.86. The van der Waals surface area contributed by atoms with E-state index in [0.717, 1.165) is 10.0 Å². The minimum Gasteiger partial charge on any atom is -0.497 e. The predicted molar refractivity (Wildman–Crippen MR) is 123 cm³/mol. The van der Waals surface area contributed by atoms with E-state index in [4.69, 9.17) is 9.15 Å². The summed E-state index contributed by atoms with van der Waals surface area (Å²) in [5.41, 5.74) is 2.26. The number of aryl methyl sites for hydroxylation is 1. The van der Waals surface area contributed by atoms with Crippen LogP contribution in [-0.4, -0.2) is 20.5 Å². The first-order chi connectivity index (χ1) is 14.9. The molecule has 31 heavy (non-hydrogen) atoms. The molecule has 0 saturated carbocycles. The molecular formula is C23H19BrN2O4S. The molecule has 158 valence electrons. The molecule has 0 radical (unpaired) electrons. The van der Waals surface area contributed by atoms with Gasteiger partial charge in [-0.3, -0.25) is 0 Å². The third-order valence-corrected chi connectivity index (χ3v) is 6.83. The zero-order valence-electron chi connectivity index (χ0n) is 16.8. The van der Waals surface area contributed by atoms with Gasteiger partial charge < -0.3 is 14.5 Å². The van der Waals surface area contributed by atoms with Gasteiger partial charge >= 0.3 is 0 Å². The fourth-order valence-corrected chi connectivity index (χ4v) is 4.44. The van der Waals surface area contributed by atoms with E-state index in [1.807, 2.05) is 19.1 Å². The number of nitrogens with one attached hydrogen (secondary N) is 1. The molecule has 1 N–H and O–H groups in total. The van der Waals surface area contributed by atoms with Gasteiger partial charge in [-0.15, -0.1) is 0 Å². The van der Waals surface area contributed by atoms with E-state index in [1.165, 1.54) is 0 Å².